The van der Waals surface area contributed by atoms with Gasteiger partial charge in [0.05, 0.1) is 52.4 Å². The zero-order chi connectivity index (χ0) is 55.0. The number of rotatable bonds is 38. The summed E-state index contributed by atoms with van der Waals surface area (Å²) in [6.45, 7) is 12.5. The fourth-order valence-corrected chi connectivity index (χ4v) is 8.67. The standard InChI is InChI=1S/C58H84Cl2N4O11/c1-7-10-12-14-16-18-20-22-24-26-36-72-55(68)42(5)74-57(70)44-28-31-50(47(59)39-44)62-53(66)52(61-49-33-30-46(38-41(49)4)64(9-3)34-35-65)54(67)63-51-32-29-45(40-48(51)60)58(71)75-43(6)56(69)73-37-27-25-23-21-19-17-15-13-11-8-2/h28-33,38-40,42-43,52,61,65H,7-27,34-37H2,1-6H3,(H,62,66)(H,63,67). The average molecular weight is 1080 g/mol. The third kappa shape index (κ3) is 24.0. The van der Waals surface area contributed by atoms with Gasteiger partial charge in [0.2, 0.25) is 0 Å². The quantitative estimate of drug-likeness (QED) is 0.0183. The zero-order valence-corrected chi connectivity index (χ0v) is 46.9. The summed E-state index contributed by atoms with van der Waals surface area (Å²) >= 11 is 13.2. The molecule has 0 spiro atoms. The van der Waals surface area contributed by atoms with E-state index in [9.17, 15) is 33.9 Å². The van der Waals surface area contributed by atoms with Crippen molar-refractivity contribution in [3.05, 3.63) is 81.3 Å². The maximum Gasteiger partial charge on any atom is 0.347 e. The predicted molar refractivity (Wildman–Crippen MR) is 299 cm³/mol. The molecule has 17 heteroatoms. The van der Waals surface area contributed by atoms with Gasteiger partial charge in [-0.05, 0) is 101 Å². The zero-order valence-electron chi connectivity index (χ0n) is 45.3. The first-order valence-corrected chi connectivity index (χ1v) is 28.1. The highest BCUT2D eigenvalue weighted by Gasteiger charge is 2.30. The molecule has 0 aromatic heterocycles. The lowest BCUT2D eigenvalue weighted by Gasteiger charge is -2.25. The Kier molecular flexibility index (Phi) is 31.2. The van der Waals surface area contributed by atoms with Crippen molar-refractivity contribution < 1.29 is 52.8 Å². The molecule has 3 aromatic carbocycles. The third-order valence-corrected chi connectivity index (χ3v) is 13.4. The number of aryl methyl sites for hydroxylation is 1. The topological polar surface area (TPSA) is 199 Å². The molecule has 2 atom stereocenters. The number of ether oxygens (including phenoxy) is 4. The second-order valence-electron chi connectivity index (χ2n) is 19.0. The summed E-state index contributed by atoms with van der Waals surface area (Å²) in [6, 6.07) is 11.7. The van der Waals surface area contributed by atoms with E-state index in [0.717, 1.165) is 57.1 Å². The number of carbonyl (C=O) groups is 6. The number of aliphatic hydroxyl groups is 1. The molecule has 75 heavy (non-hydrogen) atoms. The van der Waals surface area contributed by atoms with Gasteiger partial charge in [-0.1, -0.05) is 153 Å². The molecular weight excluding hydrogens is 1000 g/mol. The number of aliphatic hydroxyl groups excluding tert-OH is 1. The van der Waals surface area contributed by atoms with Crippen molar-refractivity contribution in [2.75, 3.05) is 53.8 Å². The Morgan fingerprint density at radius 2 is 0.933 bits per heavy atom. The summed E-state index contributed by atoms with van der Waals surface area (Å²) < 4.78 is 21.4. The van der Waals surface area contributed by atoms with Gasteiger partial charge in [-0.2, -0.15) is 0 Å². The molecule has 0 saturated heterocycles. The predicted octanol–water partition coefficient (Wildman–Crippen LogP) is 13.2. The lowest BCUT2D eigenvalue weighted by Crippen LogP contribution is -2.44. The molecule has 0 saturated carbocycles. The van der Waals surface area contributed by atoms with Crippen LogP contribution < -0.4 is 20.9 Å². The molecular formula is C58H84Cl2N4O11. The first-order valence-electron chi connectivity index (χ1n) is 27.3. The van der Waals surface area contributed by atoms with E-state index in [1.807, 2.05) is 17.9 Å². The van der Waals surface area contributed by atoms with E-state index in [4.69, 9.17) is 42.1 Å². The van der Waals surface area contributed by atoms with E-state index >= 15 is 0 Å². The van der Waals surface area contributed by atoms with E-state index < -0.39 is 53.9 Å². The fourth-order valence-electron chi connectivity index (χ4n) is 8.21. The number of nitrogens with one attached hydrogen (secondary N) is 3. The van der Waals surface area contributed by atoms with E-state index in [0.29, 0.717) is 24.3 Å². The molecule has 0 fully saturated rings. The summed E-state index contributed by atoms with van der Waals surface area (Å²) in [5, 5.41) is 17.8. The third-order valence-electron chi connectivity index (χ3n) is 12.8. The highest BCUT2D eigenvalue weighted by atomic mass is 35.5. The van der Waals surface area contributed by atoms with Gasteiger partial charge in [-0.15, -0.1) is 0 Å². The lowest BCUT2D eigenvalue weighted by atomic mass is 10.1. The van der Waals surface area contributed by atoms with Gasteiger partial charge < -0.3 is 44.9 Å². The molecule has 4 N–H and O–H groups in total. The van der Waals surface area contributed by atoms with Crippen LogP contribution in [-0.2, 0) is 38.1 Å². The second kappa shape index (κ2) is 36.6. The highest BCUT2D eigenvalue weighted by molar-refractivity contribution is 6.35. The van der Waals surface area contributed by atoms with Crippen molar-refractivity contribution in [1.29, 1.82) is 0 Å². The first kappa shape index (κ1) is 63.9. The molecule has 0 bridgehead atoms. The van der Waals surface area contributed by atoms with Crippen LogP contribution in [0.2, 0.25) is 10.0 Å². The molecule has 2 unspecified atom stereocenters. The van der Waals surface area contributed by atoms with E-state index in [1.165, 1.54) is 127 Å². The number of esters is 4. The van der Waals surface area contributed by atoms with E-state index in [1.54, 1.807) is 19.1 Å². The summed E-state index contributed by atoms with van der Waals surface area (Å²) in [5.41, 5.74) is 2.09. The molecule has 416 valence electrons. The van der Waals surface area contributed by atoms with E-state index in [-0.39, 0.29) is 52.4 Å². The maximum absolute atomic E-state index is 14.1. The van der Waals surface area contributed by atoms with Crippen LogP contribution in [0.4, 0.5) is 22.7 Å². The van der Waals surface area contributed by atoms with Crippen LogP contribution in [-0.4, -0.2) is 92.0 Å². The van der Waals surface area contributed by atoms with Crippen LogP contribution in [0.25, 0.3) is 0 Å². The minimum atomic E-state index is -1.62. The van der Waals surface area contributed by atoms with Crippen molar-refractivity contribution in [1.82, 2.24) is 0 Å². The average Bonchev–Trinajstić information content (AvgIpc) is 3.39. The van der Waals surface area contributed by atoms with Crippen LogP contribution in [0.5, 0.6) is 0 Å². The van der Waals surface area contributed by atoms with Gasteiger partial charge in [0.15, 0.2) is 18.2 Å². The molecule has 3 rings (SSSR count). The number of amides is 2. The normalized spacial score (nSPS) is 12.2. The fraction of sp³-hybridized carbons (Fsp3) is 0.586. The molecule has 0 heterocycles. The molecule has 2 amide bonds. The number of unbranched alkanes of at least 4 members (excludes halogenated alkanes) is 18. The van der Waals surface area contributed by atoms with Crippen LogP contribution in [0.15, 0.2) is 54.6 Å². The largest absolute Gasteiger partial charge is 0.463 e. The Bertz CT molecular complexity index is 2120. The number of hydrogen-bond acceptors (Lipinski definition) is 13. The Morgan fingerprint density at radius 3 is 1.29 bits per heavy atom. The Morgan fingerprint density at radius 1 is 0.547 bits per heavy atom. The molecule has 3 aromatic rings. The SMILES string of the molecule is CCCCCCCCCCCCOC(=O)C(C)OC(=O)c1ccc(NC(=O)C(Nc2ccc(N(CC)CCO)cc2C)C(=O)Nc2ccc(C(=O)OC(C)C(=O)OCCCCCCCCCCCC)cc2Cl)c(Cl)c1. The Balaban J connectivity index is 1.64. The number of benzene rings is 3. The van der Waals surface area contributed by atoms with Crippen molar-refractivity contribution in [3.63, 3.8) is 0 Å². The molecule has 0 aliphatic heterocycles. The number of carbonyl (C=O) groups excluding carboxylic acids is 6. The number of anilines is 4. The summed E-state index contributed by atoms with van der Waals surface area (Å²) in [7, 11) is 0. The lowest BCUT2D eigenvalue weighted by molar-refractivity contribution is -0.153. The van der Waals surface area contributed by atoms with Crippen molar-refractivity contribution in [2.24, 2.45) is 0 Å². The second-order valence-corrected chi connectivity index (χ2v) is 19.9. The van der Waals surface area contributed by atoms with Gasteiger partial charge in [-0.25, -0.2) is 19.2 Å². The van der Waals surface area contributed by atoms with Crippen LogP contribution in [0, 0.1) is 6.92 Å². The number of hydrogen-bond donors (Lipinski definition) is 4. The number of likely N-dealkylation sites (N-methyl/N-ethyl adjacent to an activating group) is 1. The van der Waals surface area contributed by atoms with E-state index in [2.05, 4.69) is 29.8 Å². The number of halogens is 2. The summed E-state index contributed by atoms with van der Waals surface area (Å²) in [4.78, 5) is 81.6. The molecule has 0 aliphatic carbocycles. The van der Waals surface area contributed by atoms with Gasteiger partial charge >= 0.3 is 23.9 Å². The summed E-state index contributed by atoms with van der Waals surface area (Å²) in [6.07, 6.45) is 20.5. The number of nitrogens with zero attached hydrogens (tertiary/aromatic N) is 1. The van der Waals surface area contributed by atoms with Gasteiger partial charge in [0, 0.05) is 24.5 Å². The highest BCUT2D eigenvalue weighted by Crippen LogP contribution is 2.28. The Labute approximate surface area is 455 Å². The van der Waals surface area contributed by atoms with Gasteiger partial charge in [0.1, 0.15) is 0 Å². The molecule has 0 radical (unpaired) electrons. The van der Waals surface area contributed by atoms with Crippen molar-refractivity contribution >= 4 is 81.6 Å². The van der Waals surface area contributed by atoms with Crippen LogP contribution in [0.1, 0.15) is 189 Å². The minimum Gasteiger partial charge on any atom is -0.463 e. The van der Waals surface area contributed by atoms with Crippen LogP contribution in [0.3, 0.4) is 0 Å². The van der Waals surface area contributed by atoms with Gasteiger partial charge in [-0.3, -0.25) is 9.59 Å². The van der Waals surface area contributed by atoms with Crippen molar-refractivity contribution in [3.8, 4) is 0 Å². The summed E-state index contributed by atoms with van der Waals surface area (Å²) in [5.74, 6) is -4.68. The maximum atomic E-state index is 14.1. The Hall–Kier alpha value is -5.38. The minimum absolute atomic E-state index is 0.00810. The smallest absolute Gasteiger partial charge is 0.347 e. The monoisotopic (exact) mass is 1080 g/mol. The molecule has 0 aliphatic rings. The molecule has 15 nitrogen and oxygen atoms in total. The van der Waals surface area contributed by atoms with Gasteiger partial charge in [0.25, 0.3) is 11.8 Å². The first-order chi connectivity index (χ1) is 36.1. The van der Waals surface area contributed by atoms with Crippen LogP contribution >= 0.6 is 23.2 Å². The van der Waals surface area contributed by atoms with Crippen molar-refractivity contribution in [2.45, 2.75) is 188 Å².